The highest BCUT2D eigenvalue weighted by Gasteiger charge is 2.22. The maximum Gasteiger partial charge on any atom is 0.264 e. The topological polar surface area (TPSA) is 72.2 Å². The van der Waals surface area contributed by atoms with Crippen LogP contribution in [0.2, 0.25) is 10.0 Å². The molecule has 0 unspecified atom stereocenters. The number of benzene rings is 2. The number of nitrogens with two attached hydrogens (primary N) is 1. The Bertz CT molecular complexity index is 766. The Morgan fingerprint density at radius 1 is 1.15 bits per heavy atom. The van der Waals surface area contributed by atoms with Gasteiger partial charge in [-0.3, -0.25) is 4.72 Å². The molecule has 2 aromatic rings. The first-order valence-corrected chi connectivity index (χ1v) is 7.57. The molecule has 4 nitrogen and oxygen atoms in total. The van der Waals surface area contributed by atoms with Crippen LogP contribution in [0.5, 0.6) is 0 Å². The number of hydrogen-bond acceptors (Lipinski definition) is 3. The van der Waals surface area contributed by atoms with Gasteiger partial charge in [-0.15, -0.1) is 0 Å². The van der Waals surface area contributed by atoms with E-state index >= 15 is 0 Å². The second-order valence-corrected chi connectivity index (χ2v) is 6.39. The first-order valence-electron chi connectivity index (χ1n) is 5.33. The van der Waals surface area contributed by atoms with Crippen LogP contribution in [0.3, 0.4) is 0 Å². The molecule has 2 aromatic carbocycles. The van der Waals surface area contributed by atoms with Crippen LogP contribution in [0.1, 0.15) is 0 Å². The fraction of sp³-hybridized carbons (Fsp3) is 0. The molecule has 0 aromatic heterocycles. The summed E-state index contributed by atoms with van der Waals surface area (Å²) in [4.78, 5) is -0.637. The third-order valence-corrected chi connectivity index (χ3v) is 4.35. The first kappa shape index (κ1) is 14.9. The van der Waals surface area contributed by atoms with Crippen molar-refractivity contribution in [3.05, 3.63) is 52.3 Å². The van der Waals surface area contributed by atoms with Crippen molar-refractivity contribution in [2.75, 3.05) is 10.5 Å². The van der Waals surface area contributed by atoms with Crippen molar-refractivity contribution in [1.82, 2.24) is 0 Å². The van der Waals surface area contributed by atoms with Crippen molar-refractivity contribution in [2.45, 2.75) is 4.90 Å². The van der Waals surface area contributed by atoms with E-state index in [2.05, 4.69) is 4.72 Å². The summed E-state index contributed by atoms with van der Waals surface area (Å²) in [6, 6.07) is 8.29. The van der Waals surface area contributed by atoms with Crippen molar-refractivity contribution in [1.29, 1.82) is 0 Å². The van der Waals surface area contributed by atoms with Crippen molar-refractivity contribution < 1.29 is 12.8 Å². The predicted molar refractivity (Wildman–Crippen MR) is 78.1 cm³/mol. The normalized spacial score (nSPS) is 11.3. The fourth-order valence-corrected chi connectivity index (χ4v) is 3.27. The second-order valence-electron chi connectivity index (χ2n) is 3.89. The van der Waals surface area contributed by atoms with Crippen molar-refractivity contribution in [3.63, 3.8) is 0 Å². The van der Waals surface area contributed by atoms with Gasteiger partial charge in [0.15, 0.2) is 5.82 Å². The summed E-state index contributed by atoms with van der Waals surface area (Å²) in [7, 11) is -4.19. The molecule has 0 atom stereocenters. The lowest BCUT2D eigenvalue weighted by Gasteiger charge is -2.11. The summed E-state index contributed by atoms with van der Waals surface area (Å²) < 4.78 is 40.3. The van der Waals surface area contributed by atoms with Gasteiger partial charge in [0.2, 0.25) is 0 Å². The second kappa shape index (κ2) is 5.47. The number of sulfonamides is 1. The molecule has 0 aliphatic rings. The van der Waals surface area contributed by atoms with E-state index < -0.39 is 20.7 Å². The summed E-state index contributed by atoms with van der Waals surface area (Å²) in [6.07, 6.45) is 0. The van der Waals surface area contributed by atoms with Crippen LogP contribution in [-0.2, 0) is 10.0 Å². The van der Waals surface area contributed by atoms with Gasteiger partial charge in [-0.25, -0.2) is 12.8 Å². The van der Waals surface area contributed by atoms with Gasteiger partial charge in [0, 0.05) is 5.02 Å². The predicted octanol–water partition coefficient (Wildman–Crippen LogP) is 3.52. The number of halogens is 3. The quantitative estimate of drug-likeness (QED) is 0.843. The minimum atomic E-state index is -4.19. The average Bonchev–Trinajstić information content (AvgIpc) is 2.36. The molecule has 2 rings (SSSR count). The lowest BCUT2D eigenvalue weighted by Crippen LogP contribution is -2.15. The zero-order chi connectivity index (χ0) is 14.9. The van der Waals surface area contributed by atoms with Crippen LogP contribution in [0.4, 0.5) is 15.8 Å². The molecule has 0 saturated carbocycles. The summed E-state index contributed by atoms with van der Waals surface area (Å²) >= 11 is 11.5. The van der Waals surface area contributed by atoms with Gasteiger partial charge in [0.25, 0.3) is 10.0 Å². The average molecular weight is 335 g/mol. The Hall–Kier alpha value is -1.50. The van der Waals surface area contributed by atoms with Gasteiger partial charge in [-0.2, -0.15) is 0 Å². The molecular formula is C12H9Cl2FN2O2S. The van der Waals surface area contributed by atoms with E-state index in [0.717, 1.165) is 12.1 Å². The van der Waals surface area contributed by atoms with Crippen LogP contribution in [0, 0.1) is 5.82 Å². The van der Waals surface area contributed by atoms with Gasteiger partial charge in [-0.1, -0.05) is 35.3 Å². The van der Waals surface area contributed by atoms with Gasteiger partial charge >= 0.3 is 0 Å². The minimum absolute atomic E-state index is 0.0171. The van der Waals surface area contributed by atoms with Crippen molar-refractivity contribution in [2.24, 2.45) is 0 Å². The lowest BCUT2D eigenvalue weighted by atomic mass is 10.3. The fourth-order valence-electron chi connectivity index (χ4n) is 1.52. The summed E-state index contributed by atoms with van der Waals surface area (Å²) in [6.45, 7) is 0. The van der Waals surface area contributed by atoms with Crippen LogP contribution >= 0.6 is 23.2 Å². The number of para-hydroxylation sites is 1. The summed E-state index contributed by atoms with van der Waals surface area (Å²) in [5.41, 5.74) is 5.15. The third kappa shape index (κ3) is 2.98. The molecule has 0 aliphatic heterocycles. The Kier molecular flexibility index (Phi) is 4.08. The molecular weight excluding hydrogens is 326 g/mol. The van der Waals surface area contributed by atoms with E-state index in [-0.39, 0.29) is 21.4 Å². The van der Waals surface area contributed by atoms with E-state index in [0.29, 0.717) is 0 Å². The largest absolute Gasteiger partial charge is 0.396 e. The molecule has 0 spiro atoms. The molecule has 3 N–H and O–H groups in total. The first-order chi connectivity index (χ1) is 9.31. The summed E-state index contributed by atoms with van der Waals surface area (Å²) in [5.74, 6) is -1.06. The Morgan fingerprint density at radius 2 is 1.80 bits per heavy atom. The van der Waals surface area contributed by atoms with Crippen LogP contribution < -0.4 is 10.5 Å². The zero-order valence-electron chi connectivity index (χ0n) is 9.90. The SMILES string of the molecule is Nc1cc(Cl)cc(S(=O)(=O)Nc2ccccc2Cl)c1F. The standard InChI is InChI=1S/C12H9Cl2FN2O2S/c13-7-5-9(16)12(15)11(6-7)20(18,19)17-10-4-2-1-3-8(10)14/h1-6,17H,16H2. The Balaban J connectivity index is 2.49. The highest BCUT2D eigenvalue weighted by Crippen LogP contribution is 2.28. The van der Waals surface area contributed by atoms with Gasteiger partial charge < -0.3 is 5.73 Å². The number of nitrogens with one attached hydrogen (secondary N) is 1. The number of hydrogen-bond donors (Lipinski definition) is 2. The molecule has 8 heteroatoms. The maximum absolute atomic E-state index is 13.8. The van der Waals surface area contributed by atoms with Crippen molar-refractivity contribution in [3.8, 4) is 0 Å². The van der Waals surface area contributed by atoms with Gasteiger partial charge in [-0.05, 0) is 24.3 Å². The smallest absolute Gasteiger partial charge is 0.264 e. The number of nitrogen functional groups attached to an aromatic ring is 1. The van der Waals surface area contributed by atoms with E-state index in [9.17, 15) is 12.8 Å². The van der Waals surface area contributed by atoms with Crippen LogP contribution in [0.15, 0.2) is 41.3 Å². The van der Waals surface area contributed by atoms with E-state index in [4.69, 9.17) is 28.9 Å². The van der Waals surface area contributed by atoms with E-state index in [1.165, 1.54) is 12.1 Å². The Labute approximate surface area is 125 Å². The molecule has 106 valence electrons. The van der Waals surface area contributed by atoms with Crippen LogP contribution in [0.25, 0.3) is 0 Å². The van der Waals surface area contributed by atoms with Gasteiger partial charge in [0.05, 0.1) is 16.4 Å². The summed E-state index contributed by atoms with van der Waals surface area (Å²) in [5, 5.41) is 0.204. The molecule has 0 bridgehead atoms. The molecule has 20 heavy (non-hydrogen) atoms. The highest BCUT2D eigenvalue weighted by molar-refractivity contribution is 7.92. The number of anilines is 2. The molecule has 0 fully saturated rings. The molecule has 0 radical (unpaired) electrons. The Morgan fingerprint density at radius 3 is 2.45 bits per heavy atom. The molecule has 0 amide bonds. The molecule has 0 heterocycles. The van der Waals surface area contributed by atoms with Crippen molar-refractivity contribution >= 4 is 44.6 Å². The van der Waals surface area contributed by atoms with Gasteiger partial charge in [0.1, 0.15) is 4.90 Å². The maximum atomic E-state index is 13.8. The highest BCUT2D eigenvalue weighted by atomic mass is 35.5. The van der Waals surface area contributed by atoms with E-state index in [1.54, 1.807) is 12.1 Å². The van der Waals surface area contributed by atoms with Crippen LogP contribution in [-0.4, -0.2) is 8.42 Å². The monoisotopic (exact) mass is 334 g/mol. The minimum Gasteiger partial charge on any atom is -0.396 e. The molecule has 0 saturated heterocycles. The number of rotatable bonds is 3. The molecule has 0 aliphatic carbocycles. The zero-order valence-corrected chi connectivity index (χ0v) is 12.2. The van der Waals surface area contributed by atoms with E-state index in [1.807, 2.05) is 0 Å². The lowest BCUT2D eigenvalue weighted by molar-refractivity contribution is 0.573. The third-order valence-electron chi connectivity index (χ3n) is 2.44.